The molecule has 0 aliphatic rings. The number of aliphatic imine (C=N–C) groups is 1. The van der Waals surface area contributed by atoms with E-state index in [0.29, 0.717) is 5.75 Å². The number of nitrogens with zero attached hydrogens (tertiary/aromatic N) is 1. The van der Waals surface area contributed by atoms with Crippen LogP contribution < -0.4 is 14.6 Å². The van der Waals surface area contributed by atoms with Crippen LogP contribution in [-0.4, -0.2) is 32.4 Å². The Labute approximate surface area is 169 Å². The summed E-state index contributed by atoms with van der Waals surface area (Å²) in [6.07, 6.45) is -0.588. The monoisotopic (exact) mass is 432 g/mol. The number of hydrogen-bond donors (Lipinski definition) is 0. The number of ether oxygens (including phenoxy) is 3. The van der Waals surface area contributed by atoms with E-state index in [2.05, 4.69) is 33.1 Å². The van der Waals surface area contributed by atoms with Gasteiger partial charge in [0.2, 0.25) is 0 Å². The van der Waals surface area contributed by atoms with Crippen molar-refractivity contribution in [3.63, 3.8) is 0 Å². The van der Waals surface area contributed by atoms with Crippen molar-refractivity contribution in [3.05, 3.63) is 58.1 Å². The van der Waals surface area contributed by atoms with Crippen LogP contribution in [0.1, 0.15) is 37.8 Å². The van der Waals surface area contributed by atoms with Crippen LogP contribution in [0, 0.1) is 12.1 Å². The molecule has 0 saturated carbocycles. The van der Waals surface area contributed by atoms with Gasteiger partial charge in [-0.15, -0.1) is 0 Å². The van der Waals surface area contributed by atoms with Gasteiger partial charge >= 0.3 is 0 Å². The number of benzene rings is 1. The van der Waals surface area contributed by atoms with Gasteiger partial charge in [-0.25, -0.2) is 0 Å². The van der Waals surface area contributed by atoms with Crippen LogP contribution in [0.4, 0.5) is 0 Å². The van der Waals surface area contributed by atoms with E-state index in [-0.39, 0.29) is 12.5 Å². The largest absolute Gasteiger partial charge is 0.595 e. The summed E-state index contributed by atoms with van der Waals surface area (Å²) in [6, 6.07) is 15.5. The minimum atomic E-state index is -0.588. The van der Waals surface area contributed by atoms with Crippen molar-refractivity contribution in [1.82, 2.24) is 0 Å². The molecule has 27 heavy (non-hydrogen) atoms. The molecule has 2 aromatic rings. The Morgan fingerprint density at radius 1 is 1.15 bits per heavy atom. The van der Waals surface area contributed by atoms with E-state index in [1.165, 1.54) is 0 Å². The quantitative estimate of drug-likeness (QED) is 0.515. The van der Waals surface area contributed by atoms with Gasteiger partial charge in [-0.3, -0.25) is 4.99 Å². The molecule has 1 unspecified atom stereocenters. The average Bonchev–Trinajstić information content (AvgIpc) is 2.61. The zero-order valence-corrected chi connectivity index (χ0v) is 17.7. The van der Waals surface area contributed by atoms with Crippen molar-refractivity contribution in [2.24, 2.45) is 4.99 Å². The fourth-order valence-corrected chi connectivity index (χ4v) is 3.02. The van der Waals surface area contributed by atoms with Crippen molar-refractivity contribution < 1.29 is 19.3 Å². The average molecular weight is 433 g/mol. The number of methoxy groups -OCH3 is 2. The minimum absolute atomic E-state index is 0.208. The molecule has 0 saturated heterocycles. The Hall–Kier alpha value is -2.39. The zero-order valence-electron chi connectivity index (χ0n) is 16.1. The van der Waals surface area contributed by atoms with E-state index in [4.69, 9.17) is 14.2 Å². The first-order valence-electron chi connectivity index (χ1n) is 8.45. The van der Waals surface area contributed by atoms with Gasteiger partial charge in [-0.2, -0.15) is 0 Å². The molecule has 0 aliphatic heterocycles. The molecule has 0 spiro atoms. The summed E-state index contributed by atoms with van der Waals surface area (Å²) in [7, 11) is 3.19. The van der Waals surface area contributed by atoms with E-state index < -0.39 is 11.7 Å². The lowest BCUT2D eigenvalue weighted by Gasteiger charge is -2.29. The predicted molar refractivity (Wildman–Crippen MR) is 106 cm³/mol. The van der Waals surface area contributed by atoms with E-state index in [9.17, 15) is 5.11 Å². The molecule has 6 heteroatoms. The van der Waals surface area contributed by atoms with Gasteiger partial charge in [-0.05, 0) is 39.7 Å². The Morgan fingerprint density at radius 2 is 1.81 bits per heavy atom. The van der Waals surface area contributed by atoms with Gasteiger partial charge in [0.25, 0.3) is 0 Å². The fraction of sp³-hybridized carbons (Fsp3) is 0.381. The van der Waals surface area contributed by atoms with Crippen LogP contribution in [0.5, 0.6) is 11.5 Å². The highest BCUT2D eigenvalue weighted by Gasteiger charge is 2.18. The molecule has 144 valence electrons. The second kappa shape index (κ2) is 9.01. The Kier molecular flexibility index (Phi) is 6.98. The third-order valence-electron chi connectivity index (χ3n) is 3.72. The highest BCUT2D eigenvalue weighted by atomic mass is 79.9. The first kappa shape index (κ1) is 20.9. The highest BCUT2D eigenvalue weighted by molar-refractivity contribution is 9.10. The topological polar surface area (TPSA) is 63.1 Å². The van der Waals surface area contributed by atoms with Crippen LogP contribution in [0.3, 0.4) is 0 Å². The van der Waals surface area contributed by atoms with E-state index in [0.717, 1.165) is 21.3 Å². The SMILES string of the molecule is COc1c#cc(C(CN=C([O-])OC(C)(C)C)c2ccc(OC)cc2)c(Br)c1. The van der Waals surface area contributed by atoms with E-state index >= 15 is 0 Å². The molecule has 1 atom stereocenters. The summed E-state index contributed by atoms with van der Waals surface area (Å²) in [4.78, 5) is 4.11. The molecule has 0 heterocycles. The summed E-state index contributed by atoms with van der Waals surface area (Å²) in [5, 5.41) is 12.1. The van der Waals surface area contributed by atoms with Crippen LogP contribution in [-0.2, 0) is 4.74 Å². The van der Waals surface area contributed by atoms with Crippen LogP contribution >= 0.6 is 15.9 Å². The predicted octanol–water partition coefficient (Wildman–Crippen LogP) is 3.73. The van der Waals surface area contributed by atoms with Gasteiger partial charge in [0.1, 0.15) is 11.8 Å². The van der Waals surface area contributed by atoms with Gasteiger partial charge in [0.15, 0.2) is 5.75 Å². The molecular weight excluding hydrogens is 410 g/mol. The Balaban J connectivity index is 2.37. The van der Waals surface area contributed by atoms with Crippen molar-refractivity contribution >= 4 is 22.0 Å². The molecule has 0 aliphatic carbocycles. The Morgan fingerprint density at radius 3 is 2.33 bits per heavy atom. The maximum Gasteiger partial charge on any atom is 0.171 e. The van der Waals surface area contributed by atoms with Crippen molar-refractivity contribution in [3.8, 4) is 11.5 Å². The van der Waals surface area contributed by atoms with E-state index in [1.54, 1.807) is 14.2 Å². The third-order valence-corrected chi connectivity index (χ3v) is 4.37. The third kappa shape index (κ3) is 6.07. The molecule has 0 bridgehead atoms. The van der Waals surface area contributed by atoms with Gasteiger partial charge < -0.3 is 19.3 Å². The summed E-state index contributed by atoms with van der Waals surface area (Å²) >= 11 is 3.56. The first-order valence-corrected chi connectivity index (χ1v) is 9.24. The number of rotatable bonds is 6. The summed E-state index contributed by atoms with van der Waals surface area (Å²) in [5.41, 5.74) is 1.21. The number of hydrogen-bond acceptors (Lipinski definition) is 5. The molecule has 0 amide bonds. The summed E-state index contributed by atoms with van der Waals surface area (Å²) in [6.45, 7) is 5.65. The molecule has 0 aromatic heterocycles. The first-order chi connectivity index (χ1) is 12.7. The van der Waals surface area contributed by atoms with Crippen LogP contribution in [0.15, 0.2) is 39.8 Å². The second-order valence-electron chi connectivity index (χ2n) is 6.87. The lowest BCUT2D eigenvalue weighted by atomic mass is 9.92. The standard InChI is InChI=1S/C21H24BrNO4/c1-21(2,3)27-20(24)23-13-18(14-6-8-15(25-4)9-7-14)17-11-10-16(26-5)12-19(17)22/h6-9,12,18H,13H2,1-5H3,(H,23,24)/p-1. The van der Waals surface area contributed by atoms with E-state index in [1.807, 2.05) is 51.1 Å². The molecule has 0 N–H and O–H groups in total. The maximum absolute atomic E-state index is 12.1. The Bertz CT molecular complexity index is 782. The summed E-state index contributed by atoms with van der Waals surface area (Å²) in [5.74, 6) is 1.12. The minimum Gasteiger partial charge on any atom is -0.595 e. The van der Waals surface area contributed by atoms with Gasteiger partial charge in [0, 0.05) is 27.6 Å². The van der Waals surface area contributed by atoms with Crippen molar-refractivity contribution in [2.45, 2.75) is 32.3 Å². The lowest BCUT2D eigenvalue weighted by molar-refractivity contribution is -0.260. The molecule has 0 radical (unpaired) electrons. The van der Waals surface area contributed by atoms with Gasteiger partial charge in [-0.1, -0.05) is 39.0 Å². The van der Waals surface area contributed by atoms with Crippen LogP contribution in [0.25, 0.3) is 0 Å². The van der Waals surface area contributed by atoms with Crippen LogP contribution in [0.2, 0.25) is 0 Å². The molecule has 2 aromatic carbocycles. The second-order valence-corrected chi connectivity index (χ2v) is 7.73. The normalized spacial score (nSPS) is 12.9. The fourth-order valence-electron chi connectivity index (χ4n) is 2.44. The molecular formula is C21H23BrNO4-. The van der Waals surface area contributed by atoms with Crippen molar-refractivity contribution in [1.29, 1.82) is 0 Å². The molecule has 5 nitrogen and oxygen atoms in total. The molecule has 0 fully saturated rings. The maximum atomic E-state index is 12.1. The summed E-state index contributed by atoms with van der Waals surface area (Å²) < 4.78 is 16.5. The number of halogens is 1. The smallest absolute Gasteiger partial charge is 0.171 e. The highest BCUT2D eigenvalue weighted by Crippen LogP contribution is 2.32. The van der Waals surface area contributed by atoms with Crippen molar-refractivity contribution in [2.75, 3.05) is 20.8 Å². The van der Waals surface area contributed by atoms with Gasteiger partial charge in [0.05, 0.1) is 20.8 Å². The molecule has 2 rings (SSSR count). The lowest BCUT2D eigenvalue weighted by Crippen LogP contribution is -2.32. The zero-order chi connectivity index (χ0) is 20.0.